The Kier molecular flexibility index (Phi) is 4.44. The maximum atomic E-state index is 12.9. The molecule has 1 N–H and O–H groups in total. The molecule has 1 aliphatic heterocycles. The summed E-state index contributed by atoms with van der Waals surface area (Å²) in [5, 5.41) is 10.5. The zero-order valence-electron chi connectivity index (χ0n) is 15.4. The van der Waals surface area contributed by atoms with E-state index in [0.717, 1.165) is 5.39 Å². The third-order valence-corrected chi connectivity index (χ3v) is 6.55. The van der Waals surface area contributed by atoms with Gasteiger partial charge in [-0.15, -0.1) is 0 Å². The third-order valence-electron chi connectivity index (χ3n) is 4.84. The molecule has 1 amide bonds. The van der Waals surface area contributed by atoms with Crippen LogP contribution >= 0.6 is 0 Å². The van der Waals surface area contributed by atoms with Gasteiger partial charge in [0.25, 0.3) is 5.91 Å². The molecule has 0 radical (unpaired) electrons. The molecule has 2 aromatic carbocycles. The molecule has 7 heteroatoms. The fourth-order valence-corrected chi connectivity index (χ4v) is 5.01. The van der Waals surface area contributed by atoms with E-state index in [-0.39, 0.29) is 16.6 Å². The van der Waals surface area contributed by atoms with Gasteiger partial charge in [-0.2, -0.15) is 0 Å². The standard InChI is InChI=1S/C21H20N2O4S/c1-21(25)13-23(14-21)20(24)17-9-7-15(8-10-17)12-28(26,27)18-6-2-4-16-5-3-11-22-19(16)18/h2-11,25H,12-14H2,1H3. The minimum absolute atomic E-state index is 0.167. The van der Waals surface area contributed by atoms with Gasteiger partial charge in [-0.1, -0.05) is 30.3 Å². The Hall–Kier alpha value is -2.77. The average molecular weight is 396 g/mol. The number of rotatable bonds is 4. The lowest BCUT2D eigenvalue weighted by Crippen LogP contribution is -2.61. The number of pyridine rings is 1. The highest BCUT2D eigenvalue weighted by molar-refractivity contribution is 7.90. The van der Waals surface area contributed by atoms with E-state index >= 15 is 0 Å². The number of aliphatic hydroxyl groups is 1. The first-order valence-electron chi connectivity index (χ1n) is 8.92. The van der Waals surface area contributed by atoms with Gasteiger partial charge in [0.15, 0.2) is 9.84 Å². The van der Waals surface area contributed by atoms with Crippen molar-refractivity contribution in [3.05, 3.63) is 71.9 Å². The first-order valence-corrected chi connectivity index (χ1v) is 10.6. The van der Waals surface area contributed by atoms with Crippen LogP contribution < -0.4 is 0 Å². The molecule has 6 nitrogen and oxygen atoms in total. The number of carbonyl (C=O) groups excluding carboxylic acids is 1. The van der Waals surface area contributed by atoms with Crippen LogP contribution in [0.3, 0.4) is 0 Å². The molecule has 0 atom stereocenters. The SMILES string of the molecule is CC1(O)CN(C(=O)c2ccc(CS(=O)(=O)c3cccc4cccnc34)cc2)C1. The molecular weight excluding hydrogens is 376 g/mol. The molecule has 144 valence electrons. The summed E-state index contributed by atoms with van der Waals surface area (Å²) < 4.78 is 25.9. The average Bonchev–Trinajstić information content (AvgIpc) is 2.65. The van der Waals surface area contributed by atoms with Crippen LogP contribution in [-0.4, -0.2) is 48.0 Å². The topological polar surface area (TPSA) is 87.6 Å². The second kappa shape index (κ2) is 6.68. The highest BCUT2D eigenvalue weighted by atomic mass is 32.2. The predicted octanol–water partition coefficient (Wildman–Crippen LogP) is 2.42. The summed E-state index contributed by atoms with van der Waals surface area (Å²) in [5.74, 6) is -0.338. The van der Waals surface area contributed by atoms with Crippen LogP contribution in [0, 0.1) is 0 Å². The first kappa shape index (κ1) is 18.6. The van der Waals surface area contributed by atoms with Crippen LogP contribution in [0.5, 0.6) is 0 Å². The van der Waals surface area contributed by atoms with Crippen LogP contribution in [0.1, 0.15) is 22.8 Å². The van der Waals surface area contributed by atoms with Crippen molar-refractivity contribution in [1.82, 2.24) is 9.88 Å². The van der Waals surface area contributed by atoms with E-state index in [4.69, 9.17) is 0 Å². The van der Waals surface area contributed by atoms with Crippen LogP contribution in [0.25, 0.3) is 10.9 Å². The zero-order chi connectivity index (χ0) is 19.9. The summed E-state index contributed by atoms with van der Waals surface area (Å²) in [6.07, 6.45) is 1.58. The third kappa shape index (κ3) is 3.50. The van der Waals surface area contributed by atoms with Crippen LogP contribution in [-0.2, 0) is 15.6 Å². The molecule has 0 bridgehead atoms. The van der Waals surface area contributed by atoms with E-state index in [1.165, 1.54) is 0 Å². The number of sulfone groups is 1. The van der Waals surface area contributed by atoms with E-state index in [1.807, 2.05) is 12.1 Å². The zero-order valence-corrected chi connectivity index (χ0v) is 16.2. The maximum absolute atomic E-state index is 12.9. The smallest absolute Gasteiger partial charge is 0.254 e. The van der Waals surface area contributed by atoms with Gasteiger partial charge >= 0.3 is 0 Å². The van der Waals surface area contributed by atoms with Crippen molar-refractivity contribution in [3.63, 3.8) is 0 Å². The second-order valence-corrected chi connectivity index (χ2v) is 9.40. The Morgan fingerprint density at radius 3 is 2.46 bits per heavy atom. The van der Waals surface area contributed by atoms with Crippen molar-refractivity contribution in [3.8, 4) is 0 Å². The predicted molar refractivity (Wildman–Crippen MR) is 106 cm³/mol. The lowest BCUT2D eigenvalue weighted by atomic mass is 9.96. The summed E-state index contributed by atoms with van der Waals surface area (Å²) in [4.78, 5) is 18.4. The number of hydrogen-bond donors (Lipinski definition) is 1. The fraction of sp³-hybridized carbons (Fsp3) is 0.238. The molecule has 3 aromatic rings. The molecular formula is C21H20N2O4S. The number of amides is 1. The Bertz CT molecular complexity index is 1140. The molecule has 4 rings (SSSR count). The Balaban J connectivity index is 1.55. The van der Waals surface area contributed by atoms with E-state index in [1.54, 1.807) is 60.5 Å². The van der Waals surface area contributed by atoms with E-state index in [0.29, 0.717) is 29.7 Å². The molecule has 0 saturated carbocycles. The summed E-state index contributed by atoms with van der Waals surface area (Å²) in [6, 6.07) is 15.3. The largest absolute Gasteiger partial charge is 0.386 e. The minimum atomic E-state index is -3.59. The van der Waals surface area contributed by atoms with Crippen molar-refractivity contribution >= 4 is 26.6 Å². The molecule has 1 saturated heterocycles. The van der Waals surface area contributed by atoms with E-state index in [9.17, 15) is 18.3 Å². The maximum Gasteiger partial charge on any atom is 0.254 e. The van der Waals surface area contributed by atoms with Crippen molar-refractivity contribution in [1.29, 1.82) is 0 Å². The molecule has 28 heavy (non-hydrogen) atoms. The van der Waals surface area contributed by atoms with Crippen LogP contribution in [0.4, 0.5) is 0 Å². The van der Waals surface area contributed by atoms with Gasteiger partial charge in [-0.3, -0.25) is 9.78 Å². The number of β-amino-alcohol motifs (C(OH)–C–C–N with tert-alkyl or cyclic N) is 1. The number of likely N-dealkylation sites (tertiary alicyclic amines) is 1. The minimum Gasteiger partial charge on any atom is -0.386 e. The van der Waals surface area contributed by atoms with Crippen molar-refractivity contribution in [2.45, 2.75) is 23.2 Å². The van der Waals surface area contributed by atoms with E-state index < -0.39 is 15.4 Å². The first-order chi connectivity index (χ1) is 13.3. The number of para-hydroxylation sites is 1. The van der Waals surface area contributed by atoms with Gasteiger partial charge in [0.1, 0.15) is 0 Å². The van der Waals surface area contributed by atoms with Gasteiger partial charge in [0, 0.05) is 17.1 Å². The quantitative estimate of drug-likeness (QED) is 0.732. The molecule has 1 aromatic heterocycles. The van der Waals surface area contributed by atoms with E-state index in [2.05, 4.69) is 4.98 Å². The number of carbonyl (C=O) groups is 1. The lowest BCUT2D eigenvalue weighted by Gasteiger charge is -2.44. The Morgan fingerprint density at radius 1 is 1.11 bits per heavy atom. The second-order valence-electron chi connectivity index (χ2n) is 7.45. The van der Waals surface area contributed by atoms with Gasteiger partial charge in [-0.05, 0) is 36.8 Å². The number of hydrogen-bond acceptors (Lipinski definition) is 5. The van der Waals surface area contributed by atoms with Gasteiger partial charge in [-0.25, -0.2) is 8.42 Å². The highest BCUT2D eigenvalue weighted by Gasteiger charge is 2.39. The van der Waals surface area contributed by atoms with Crippen LogP contribution in [0.2, 0.25) is 0 Å². The lowest BCUT2D eigenvalue weighted by molar-refractivity contribution is -0.0668. The molecule has 0 spiro atoms. The summed E-state index contributed by atoms with van der Waals surface area (Å²) in [6.45, 7) is 2.29. The van der Waals surface area contributed by atoms with Gasteiger partial charge in [0.2, 0.25) is 0 Å². The molecule has 0 unspecified atom stereocenters. The molecule has 2 heterocycles. The molecule has 1 aliphatic rings. The fourth-order valence-electron chi connectivity index (χ4n) is 3.47. The highest BCUT2D eigenvalue weighted by Crippen LogP contribution is 2.25. The Morgan fingerprint density at radius 2 is 1.79 bits per heavy atom. The number of fused-ring (bicyclic) bond motifs is 1. The summed E-state index contributed by atoms with van der Waals surface area (Å²) >= 11 is 0. The van der Waals surface area contributed by atoms with Gasteiger partial charge < -0.3 is 10.0 Å². The normalized spacial score (nSPS) is 16.0. The molecule has 0 aliphatic carbocycles. The van der Waals surface area contributed by atoms with Crippen molar-refractivity contribution in [2.24, 2.45) is 0 Å². The van der Waals surface area contributed by atoms with Gasteiger partial charge in [0.05, 0.1) is 34.9 Å². The van der Waals surface area contributed by atoms with Crippen molar-refractivity contribution < 1.29 is 18.3 Å². The number of nitrogens with zero attached hydrogens (tertiary/aromatic N) is 2. The Labute approximate surface area is 163 Å². The number of aromatic nitrogens is 1. The monoisotopic (exact) mass is 396 g/mol. The van der Waals surface area contributed by atoms with Crippen LogP contribution in [0.15, 0.2) is 65.7 Å². The van der Waals surface area contributed by atoms with Crippen molar-refractivity contribution in [2.75, 3.05) is 13.1 Å². The number of benzene rings is 2. The summed E-state index contributed by atoms with van der Waals surface area (Å²) in [5.41, 5.74) is 0.709. The molecule has 1 fully saturated rings. The summed E-state index contributed by atoms with van der Waals surface area (Å²) in [7, 11) is -3.59.